The van der Waals surface area contributed by atoms with Gasteiger partial charge in [0.15, 0.2) is 34.7 Å². The van der Waals surface area contributed by atoms with Gasteiger partial charge in [-0.1, -0.05) is 0 Å². The van der Waals surface area contributed by atoms with Gasteiger partial charge in [-0.2, -0.15) is 0 Å². The maximum absolute atomic E-state index is 9.59. The SMILES string of the molecule is NC(=[SH+])[N-]N=CC(=N[N-]C(N)=[SH+])C(O)C(O)CO.[Pd]. The van der Waals surface area contributed by atoms with Crippen molar-refractivity contribution >= 4 is 46.6 Å². The van der Waals surface area contributed by atoms with Crippen LogP contribution >= 0.6 is 0 Å². The quantitative estimate of drug-likeness (QED) is 0.0775. The number of rotatable bonds is 6. The molecular formula is C7H14N6O3PdS2. The summed E-state index contributed by atoms with van der Waals surface area (Å²) >= 11 is 7.32. The first-order valence-corrected chi connectivity index (χ1v) is 5.40. The van der Waals surface area contributed by atoms with Gasteiger partial charge in [-0.15, -0.1) is 0 Å². The summed E-state index contributed by atoms with van der Waals surface area (Å²) in [4.78, 5) is 0. The van der Waals surface area contributed by atoms with E-state index in [1.165, 1.54) is 0 Å². The normalized spacial score (nSPS) is 14.5. The van der Waals surface area contributed by atoms with E-state index in [2.05, 4.69) is 45.5 Å². The molecule has 0 bridgehead atoms. The van der Waals surface area contributed by atoms with Gasteiger partial charge in [-0.3, -0.25) is 11.5 Å². The van der Waals surface area contributed by atoms with E-state index in [0.29, 0.717) is 0 Å². The van der Waals surface area contributed by atoms with Crippen LogP contribution in [0.4, 0.5) is 0 Å². The average molecular weight is 401 g/mol. The summed E-state index contributed by atoms with van der Waals surface area (Å²) in [5.74, 6) is 0. The molecule has 2 unspecified atom stereocenters. The van der Waals surface area contributed by atoms with Gasteiger partial charge in [0.25, 0.3) is 0 Å². The van der Waals surface area contributed by atoms with Gasteiger partial charge in [-0.05, 0) is 0 Å². The molecule has 112 valence electrons. The number of thiol groups is 2. The standard InChI is InChI=1S/C7H14N6O3S2.Pd/c8-6(17)12-10-1-3(11-13-7(9)18)5(16)4(15)2-14;/h1,4-5,14-16H,2H2,(H6,8,9,10,11,12,13,17,18);. The first-order chi connectivity index (χ1) is 8.38. The van der Waals surface area contributed by atoms with E-state index < -0.39 is 18.8 Å². The van der Waals surface area contributed by atoms with Crippen LogP contribution in [0.15, 0.2) is 10.2 Å². The Kier molecular flexibility index (Phi) is 12.5. The molecule has 0 aliphatic carbocycles. The van der Waals surface area contributed by atoms with E-state index in [1.54, 1.807) is 0 Å². The fraction of sp³-hybridized carbons (Fsp3) is 0.429. The van der Waals surface area contributed by atoms with E-state index in [-0.39, 0.29) is 36.4 Å². The number of nitrogens with zero attached hydrogens (tertiary/aromatic N) is 4. The minimum absolute atomic E-state index is 0. The summed E-state index contributed by atoms with van der Waals surface area (Å²) in [5, 5.41) is 34.2. The smallest absolute Gasteiger partial charge is 0.183 e. The minimum Gasteiger partial charge on any atom is -0.515 e. The molecule has 0 rings (SSSR count). The van der Waals surface area contributed by atoms with Crippen molar-refractivity contribution < 1.29 is 35.7 Å². The van der Waals surface area contributed by atoms with Crippen LogP contribution in [0.3, 0.4) is 0 Å². The molecule has 7 N–H and O–H groups in total. The fourth-order valence-corrected chi connectivity index (χ4v) is 0.811. The van der Waals surface area contributed by atoms with Gasteiger partial charge in [-0.25, -0.2) is 0 Å². The number of hydrogen-bond acceptors (Lipinski definition) is 5. The maximum Gasteiger partial charge on any atom is 0.183 e. The zero-order chi connectivity index (χ0) is 14.1. The molecule has 0 aromatic rings. The summed E-state index contributed by atoms with van der Waals surface area (Å²) in [6.45, 7) is -0.675. The van der Waals surface area contributed by atoms with Crippen LogP contribution in [0.25, 0.3) is 10.9 Å². The van der Waals surface area contributed by atoms with Gasteiger partial charge < -0.3 is 36.4 Å². The summed E-state index contributed by atoms with van der Waals surface area (Å²) in [6.07, 6.45) is -2.00. The molecule has 0 aliphatic heterocycles. The van der Waals surface area contributed by atoms with Crippen molar-refractivity contribution in [2.45, 2.75) is 12.2 Å². The molecule has 12 heteroatoms. The topological polar surface area (TPSA) is 166 Å². The summed E-state index contributed by atoms with van der Waals surface area (Å²) in [5.41, 5.74) is 16.8. The number of aliphatic hydroxyl groups is 3. The van der Waals surface area contributed by atoms with E-state index in [4.69, 9.17) is 16.6 Å². The molecule has 0 saturated heterocycles. The monoisotopic (exact) mass is 400 g/mol. The maximum atomic E-state index is 9.59. The molecule has 0 spiro atoms. The Morgan fingerprint density at radius 3 is 2.16 bits per heavy atom. The molecule has 0 saturated carbocycles. The van der Waals surface area contributed by atoms with Crippen molar-refractivity contribution in [3.05, 3.63) is 10.9 Å². The van der Waals surface area contributed by atoms with Gasteiger partial charge in [0, 0.05) is 26.6 Å². The van der Waals surface area contributed by atoms with Crippen LogP contribution in [-0.2, 0) is 44.9 Å². The van der Waals surface area contributed by atoms with E-state index in [0.717, 1.165) is 6.21 Å². The Hall–Kier alpha value is -0.418. The van der Waals surface area contributed by atoms with E-state index in [1.807, 2.05) is 0 Å². The van der Waals surface area contributed by atoms with Gasteiger partial charge >= 0.3 is 0 Å². The second-order valence-electron chi connectivity index (χ2n) is 2.88. The largest absolute Gasteiger partial charge is 0.515 e. The predicted octanol–water partition coefficient (Wildman–Crippen LogP) is -3.56. The van der Waals surface area contributed by atoms with Crippen LogP contribution in [-0.4, -0.2) is 56.3 Å². The molecule has 19 heavy (non-hydrogen) atoms. The second kappa shape index (κ2) is 11.4. The van der Waals surface area contributed by atoms with Crippen molar-refractivity contribution in [3.8, 4) is 0 Å². The molecule has 0 aromatic heterocycles. The summed E-state index contributed by atoms with van der Waals surface area (Å²) < 4.78 is 0. The number of hydrogen-bond donors (Lipinski definition) is 5. The van der Waals surface area contributed by atoms with Crippen molar-refractivity contribution in [1.82, 2.24) is 0 Å². The first kappa shape index (κ1) is 20.9. The Morgan fingerprint density at radius 1 is 1.21 bits per heavy atom. The van der Waals surface area contributed by atoms with Crippen molar-refractivity contribution in [3.63, 3.8) is 0 Å². The summed E-state index contributed by atoms with van der Waals surface area (Å²) in [7, 11) is 0. The number of nitrogens with two attached hydrogens (primary N) is 2. The van der Waals surface area contributed by atoms with Crippen molar-refractivity contribution in [1.29, 1.82) is 0 Å². The third kappa shape index (κ3) is 10.1. The Labute approximate surface area is 133 Å². The van der Waals surface area contributed by atoms with Crippen molar-refractivity contribution in [2.24, 2.45) is 21.7 Å². The Balaban J connectivity index is 0. The van der Waals surface area contributed by atoms with Gasteiger partial charge in [0.05, 0.1) is 12.3 Å². The third-order valence-corrected chi connectivity index (χ3v) is 1.65. The molecule has 2 atom stereocenters. The summed E-state index contributed by atoms with van der Waals surface area (Å²) in [6, 6.07) is 0. The van der Waals surface area contributed by atoms with Gasteiger partial charge in [0.2, 0.25) is 0 Å². The third-order valence-electron chi connectivity index (χ3n) is 1.47. The first-order valence-electron chi connectivity index (χ1n) is 4.51. The Morgan fingerprint density at radius 2 is 1.74 bits per heavy atom. The average Bonchev–Trinajstić information content (AvgIpc) is 2.30. The second-order valence-corrected chi connectivity index (χ2v) is 3.80. The van der Waals surface area contributed by atoms with Crippen LogP contribution in [0, 0.1) is 0 Å². The van der Waals surface area contributed by atoms with Crippen molar-refractivity contribution in [2.75, 3.05) is 6.61 Å². The molecule has 0 aromatic carbocycles. The minimum atomic E-state index is -1.52. The Bertz CT molecular complexity index is 367. The number of aliphatic hydroxyl groups excluding tert-OH is 3. The van der Waals surface area contributed by atoms with Crippen LogP contribution in [0.1, 0.15) is 0 Å². The molecular weight excluding hydrogens is 387 g/mol. The van der Waals surface area contributed by atoms with Crippen LogP contribution in [0.5, 0.6) is 0 Å². The molecule has 0 heterocycles. The zero-order valence-corrected chi connectivity index (χ0v) is 12.8. The molecule has 0 radical (unpaired) electrons. The van der Waals surface area contributed by atoms with E-state index >= 15 is 0 Å². The molecule has 9 nitrogen and oxygen atoms in total. The fourth-order valence-electron chi connectivity index (χ4n) is 0.714. The zero-order valence-electron chi connectivity index (χ0n) is 9.44. The van der Waals surface area contributed by atoms with E-state index in [9.17, 15) is 10.2 Å². The molecule has 0 aliphatic rings. The van der Waals surface area contributed by atoms with Crippen LogP contribution in [0.2, 0.25) is 0 Å². The molecule has 0 fully saturated rings. The predicted molar refractivity (Wildman–Crippen MR) is 77.7 cm³/mol. The van der Waals surface area contributed by atoms with Crippen LogP contribution < -0.4 is 11.5 Å². The van der Waals surface area contributed by atoms with Gasteiger partial charge in [0.1, 0.15) is 12.2 Å². The molecule has 0 amide bonds.